The van der Waals surface area contributed by atoms with Gasteiger partial charge in [0.25, 0.3) is 0 Å². The van der Waals surface area contributed by atoms with Crippen LogP contribution in [-0.2, 0) is 0 Å². The van der Waals surface area contributed by atoms with Crippen LogP contribution < -0.4 is 0 Å². The standard InChI is InChI=1S/C7H15NO/c1-3-5-6-7(4-2)8-9/h9H,3-6H2,1-2H3/b8-7+. The molecular weight excluding hydrogens is 114 g/mol. The van der Waals surface area contributed by atoms with Gasteiger partial charge >= 0.3 is 0 Å². The molecule has 0 bridgehead atoms. The normalized spacial score (nSPS) is 12.0. The fourth-order valence-corrected chi connectivity index (χ4v) is 0.678. The van der Waals surface area contributed by atoms with E-state index in [0.29, 0.717) is 0 Å². The molecule has 2 heteroatoms. The monoisotopic (exact) mass is 129 g/mol. The third kappa shape index (κ3) is 4.01. The highest BCUT2D eigenvalue weighted by Crippen LogP contribution is 1.99. The molecule has 0 aliphatic carbocycles. The number of hydrogen-bond acceptors (Lipinski definition) is 2. The fourth-order valence-electron chi connectivity index (χ4n) is 0.678. The van der Waals surface area contributed by atoms with E-state index in [0.717, 1.165) is 25.0 Å². The van der Waals surface area contributed by atoms with Gasteiger partial charge in [0.2, 0.25) is 0 Å². The van der Waals surface area contributed by atoms with Crippen molar-refractivity contribution in [3.8, 4) is 0 Å². The summed E-state index contributed by atoms with van der Waals surface area (Å²) in [6.07, 6.45) is 4.12. The van der Waals surface area contributed by atoms with E-state index in [2.05, 4.69) is 12.1 Å². The molecule has 0 unspecified atom stereocenters. The molecule has 0 atom stereocenters. The summed E-state index contributed by atoms with van der Waals surface area (Å²) in [6, 6.07) is 0. The molecule has 9 heavy (non-hydrogen) atoms. The smallest absolute Gasteiger partial charge is 0.0568 e. The molecule has 0 aromatic heterocycles. The summed E-state index contributed by atoms with van der Waals surface area (Å²) in [5.41, 5.74) is 0.914. The van der Waals surface area contributed by atoms with Gasteiger partial charge in [-0.25, -0.2) is 0 Å². The lowest BCUT2D eigenvalue weighted by Crippen LogP contribution is -1.94. The Hall–Kier alpha value is -0.530. The van der Waals surface area contributed by atoms with Gasteiger partial charge in [-0.2, -0.15) is 0 Å². The van der Waals surface area contributed by atoms with Crippen LogP contribution in [0.5, 0.6) is 0 Å². The molecule has 0 aromatic carbocycles. The Labute approximate surface area is 56.6 Å². The van der Waals surface area contributed by atoms with Gasteiger partial charge in [0.15, 0.2) is 0 Å². The number of rotatable bonds is 4. The zero-order valence-electron chi connectivity index (χ0n) is 6.22. The third-order valence-corrected chi connectivity index (χ3v) is 1.37. The molecule has 0 fully saturated rings. The number of oxime groups is 1. The summed E-state index contributed by atoms with van der Waals surface area (Å²) < 4.78 is 0. The molecule has 0 aromatic rings. The third-order valence-electron chi connectivity index (χ3n) is 1.37. The first-order chi connectivity index (χ1) is 4.35. The van der Waals surface area contributed by atoms with Crippen molar-refractivity contribution in [2.45, 2.75) is 39.5 Å². The van der Waals surface area contributed by atoms with E-state index >= 15 is 0 Å². The average molecular weight is 129 g/mol. The van der Waals surface area contributed by atoms with Crippen LogP contribution in [0.15, 0.2) is 5.16 Å². The minimum atomic E-state index is 0.872. The summed E-state index contributed by atoms with van der Waals surface area (Å²) in [5, 5.41) is 11.5. The van der Waals surface area contributed by atoms with Crippen LogP contribution in [0.2, 0.25) is 0 Å². The van der Waals surface area contributed by atoms with E-state index < -0.39 is 0 Å². The molecular formula is C7H15NO. The Morgan fingerprint density at radius 3 is 2.44 bits per heavy atom. The maximum atomic E-state index is 8.34. The number of nitrogens with zero attached hydrogens (tertiary/aromatic N) is 1. The van der Waals surface area contributed by atoms with Crippen molar-refractivity contribution in [1.82, 2.24) is 0 Å². The molecule has 0 radical (unpaired) electrons. The molecule has 0 amide bonds. The summed E-state index contributed by atoms with van der Waals surface area (Å²) in [7, 11) is 0. The van der Waals surface area contributed by atoms with Gasteiger partial charge in [-0.3, -0.25) is 0 Å². The molecule has 0 aliphatic heterocycles. The van der Waals surface area contributed by atoms with Gasteiger partial charge < -0.3 is 5.21 Å². The highest BCUT2D eigenvalue weighted by atomic mass is 16.4. The second kappa shape index (κ2) is 5.60. The zero-order valence-corrected chi connectivity index (χ0v) is 6.22. The van der Waals surface area contributed by atoms with Crippen molar-refractivity contribution in [2.75, 3.05) is 0 Å². The average Bonchev–Trinajstić information content (AvgIpc) is 1.91. The van der Waals surface area contributed by atoms with Crippen LogP contribution in [0.1, 0.15) is 39.5 Å². The van der Waals surface area contributed by atoms with E-state index in [4.69, 9.17) is 5.21 Å². The van der Waals surface area contributed by atoms with E-state index in [1.165, 1.54) is 6.42 Å². The van der Waals surface area contributed by atoms with E-state index in [1.54, 1.807) is 0 Å². The van der Waals surface area contributed by atoms with E-state index in [9.17, 15) is 0 Å². The molecule has 54 valence electrons. The lowest BCUT2D eigenvalue weighted by atomic mass is 10.1. The predicted molar refractivity (Wildman–Crippen MR) is 39.0 cm³/mol. The number of unbranched alkanes of at least 4 members (excludes halogenated alkanes) is 1. The first-order valence-electron chi connectivity index (χ1n) is 3.54. The van der Waals surface area contributed by atoms with Crippen molar-refractivity contribution in [1.29, 1.82) is 0 Å². The molecule has 1 N–H and O–H groups in total. The van der Waals surface area contributed by atoms with Gasteiger partial charge in [0, 0.05) is 0 Å². The minimum absolute atomic E-state index is 0.872. The Morgan fingerprint density at radius 1 is 1.44 bits per heavy atom. The van der Waals surface area contributed by atoms with Crippen molar-refractivity contribution in [3.05, 3.63) is 0 Å². The summed E-state index contributed by atoms with van der Waals surface area (Å²) in [4.78, 5) is 0. The molecule has 0 spiro atoms. The highest BCUT2D eigenvalue weighted by molar-refractivity contribution is 5.83. The lowest BCUT2D eigenvalue weighted by Gasteiger charge is -1.96. The molecule has 0 rings (SSSR count). The molecule has 0 heterocycles. The molecule has 0 saturated carbocycles. The second-order valence-electron chi connectivity index (χ2n) is 2.12. The van der Waals surface area contributed by atoms with Crippen LogP contribution in [-0.4, -0.2) is 10.9 Å². The number of hydrogen-bond donors (Lipinski definition) is 1. The Bertz CT molecular complexity index is 88.9. The molecule has 2 nitrogen and oxygen atoms in total. The van der Waals surface area contributed by atoms with Crippen LogP contribution in [0.25, 0.3) is 0 Å². The summed E-state index contributed by atoms with van der Waals surface area (Å²) >= 11 is 0. The van der Waals surface area contributed by atoms with Crippen LogP contribution in [0, 0.1) is 0 Å². The van der Waals surface area contributed by atoms with Crippen LogP contribution >= 0.6 is 0 Å². The zero-order chi connectivity index (χ0) is 7.11. The fraction of sp³-hybridized carbons (Fsp3) is 0.857. The Morgan fingerprint density at radius 2 is 2.11 bits per heavy atom. The first-order valence-corrected chi connectivity index (χ1v) is 3.54. The Kier molecular flexibility index (Phi) is 5.27. The van der Waals surface area contributed by atoms with Gasteiger partial charge in [0.1, 0.15) is 0 Å². The van der Waals surface area contributed by atoms with Gasteiger partial charge in [-0.1, -0.05) is 25.4 Å². The quantitative estimate of drug-likeness (QED) is 0.353. The van der Waals surface area contributed by atoms with E-state index in [-0.39, 0.29) is 0 Å². The maximum Gasteiger partial charge on any atom is 0.0568 e. The lowest BCUT2D eigenvalue weighted by molar-refractivity contribution is 0.316. The second-order valence-corrected chi connectivity index (χ2v) is 2.12. The van der Waals surface area contributed by atoms with E-state index in [1.807, 2.05) is 6.92 Å². The van der Waals surface area contributed by atoms with Crippen molar-refractivity contribution < 1.29 is 5.21 Å². The Balaban J connectivity index is 3.33. The topological polar surface area (TPSA) is 32.6 Å². The summed E-state index contributed by atoms with van der Waals surface area (Å²) in [5.74, 6) is 0. The molecule has 0 saturated heterocycles. The SMILES string of the molecule is CCCC/C(CC)=N/O. The van der Waals surface area contributed by atoms with Crippen molar-refractivity contribution in [3.63, 3.8) is 0 Å². The maximum absolute atomic E-state index is 8.34. The largest absolute Gasteiger partial charge is 0.411 e. The van der Waals surface area contributed by atoms with Crippen molar-refractivity contribution >= 4 is 5.71 Å². The van der Waals surface area contributed by atoms with Crippen molar-refractivity contribution in [2.24, 2.45) is 5.16 Å². The first kappa shape index (κ1) is 8.47. The van der Waals surface area contributed by atoms with Gasteiger partial charge in [-0.15, -0.1) is 0 Å². The predicted octanol–water partition coefficient (Wildman–Crippen LogP) is 2.42. The highest BCUT2D eigenvalue weighted by Gasteiger charge is 1.93. The van der Waals surface area contributed by atoms with Gasteiger partial charge in [-0.05, 0) is 19.3 Å². The van der Waals surface area contributed by atoms with Crippen LogP contribution in [0.4, 0.5) is 0 Å². The minimum Gasteiger partial charge on any atom is -0.411 e. The summed E-state index contributed by atoms with van der Waals surface area (Å²) in [6.45, 7) is 4.13. The molecule has 0 aliphatic rings. The van der Waals surface area contributed by atoms with Gasteiger partial charge in [0.05, 0.1) is 5.71 Å². The van der Waals surface area contributed by atoms with Crippen LogP contribution in [0.3, 0.4) is 0 Å².